The Morgan fingerprint density at radius 1 is 0.862 bits per heavy atom. The summed E-state index contributed by atoms with van der Waals surface area (Å²) in [4.78, 5) is 11.1. The van der Waals surface area contributed by atoms with Crippen LogP contribution in [0.2, 0.25) is 0 Å². The van der Waals surface area contributed by atoms with Crippen LogP contribution in [0.25, 0.3) is 0 Å². The summed E-state index contributed by atoms with van der Waals surface area (Å²) in [5, 5.41) is 9.07. The third-order valence-corrected chi connectivity index (χ3v) is 4.01. The van der Waals surface area contributed by atoms with E-state index in [0.717, 1.165) is 5.56 Å². The highest BCUT2D eigenvalue weighted by Gasteiger charge is 2.17. The third kappa shape index (κ3) is 6.55. The molecule has 3 N–H and O–H groups in total. The highest BCUT2D eigenvalue weighted by molar-refractivity contribution is 5.89. The summed E-state index contributed by atoms with van der Waals surface area (Å²) in [7, 11) is 2.91. The first-order valence-electron chi connectivity index (χ1n) is 8.99. The van der Waals surface area contributed by atoms with Gasteiger partial charge in [-0.15, -0.1) is 0 Å². The van der Waals surface area contributed by atoms with Crippen LogP contribution in [0.5, 0.6) is 17.2 Å². The van der Waals surface area contributed by atoms with E-state index < -0.39 is 5.97 Å². The smallest absolute Gasteiger partial charge is 0.335 e. The highest BCUT2D eigenvalue weighted by atomic mass is 16.5. The van der Waals surface area contributed by atoms with Crippen molar-refractivity contribution < 1.29 is 24.1 Å². The first kappa shape index (κ1) is 21.8. The fourth-order valence-corrected chi connectivity index (χ4v) is 2.49. The van der Waals surface area contributed by atoms with E-state index in [1.807, 2.05) is 60.7 Å². The van der Waals surface area contributed by atoms with Crippen molar-refractivity contribution in [1.29, 1.82) is 0 Å². The van der Waals surface area contributed by atoms with Gasteiger partial charge in [0, 0.05) is 6.54 Å². The predicted molar refractivity (Wildman–Crippen MR) is 112 cm³/mol. The molecule has 0 unspecified atom stereocenters. The fraction of sp³-hybridized carbons (Fsp3) is 0.174. The summed E-state index contributed by atoms with van der Waals surface area (Å²) in [6.45, 7) is 0.973. The van der Waals surface area contributed by atoms with Crippen molar-refractivity contribution in [2.24, 2.45) is 5.73 Å². The average Bonchev–Trinajstić information content (AvgIpc) is 2.78. The Morgan fingerprint density at radius 2 is 1.34 bits per heavy atom. The van der Waals surface area contributed by atoms with Crippen LogP contribution in [-0.4, -0.2) is 25.3 Å². The number of carboxylic acids is 1. The normalized spacial score (nSPS) is 9.76. The highest BCUT2D eigenvalue weighted by Crippen LogP contribution is 2.39. The average molecular weight is 395 g/mol. The molecule has 6 heteroatoms. The molecule has 0 fully saturated rings. The number of nitrogens with two attached hydrogens (primary N) is 1. The van der Waals surface area contributed by atoms with Gasteiger partial charge in [0.25, 0.3) is 0 Å². The van der Waals surface area contributed by atoms with Crippen molar-refractivity contribution in [2.45, 2.75) is 13.2 Å². The second-order valence-corrected chi connectivity index (χ2v) is 5.98. The Bertz CT molecular complexity index is 873. The molecule has 0 atom stereocenters. The Balaban J connectivity index is 0.000000313. The second-order valence-electron chi connectivity index (χ2n) is 5.98. The summed E-state index contributed by atoms with van der Waals surface area (Å²) in [5.41, 5.74) is 7.61. The van der Waals surface area contributed by atoms with E-state index in [4.69, 9.17) is 25.1 Å². The quantitative estimate of drug-likeness (QED) is 0.625. The summed E-state index contributed by atoms with van der Waals surface area (Å²) in [6.07, 6.45) is 0. The lowest BCUT2D eigenvalue weighted by atomic mass is 10.2. The summed E-state index contributed by atoms with van der Waals surface area (Å²) in [5.74, 6) is -0.0274. The van der Waals surface area contributed by atoms with Crippen LogP contribution in [0.15, 0.2) is 72.8 Å². The fourth-order valence-electron chi connectivity index (χ4n) is 2.49. The Hall–Kier alpha value is -3.51. The maximum Gasteiger partial charge on any atom is 0.335 e. The van der Waals surface area contributed by atoms with Gasteiger partial charge in [-0.3, -0.25) is 0 Å². The standard InChI is InChI=1S/C16H16O5.C7H9N/c1-19-13-8-12(16(17)18)9-14(20-2)15(13)21-10-11-6-4-3-5-7-11;8-6-7-4-2-1-3-5-7/h3-9H,10H2,1-2H3,(H,17,18);1-5H,6,8H2. The number of benzene rings is 3. The molecule has 3 aromatic rings. The number of hydrogen-bond donors (Lipinski definition) is 2. The number of rotatable bonds is 7. The second kappa shape index (κ2) is 11.4. The monoisotopic (exact) mass is 395 g/mol. The number of carboxylic acid groups (broad SMARTS) is 1. The van der Waals surface area contributed by atoms with Crippen LogP contribution in [0.4, 0.5) is 0 Å². The summed E-state index contributed by atoms with van der Waals surface area (Å²) < 4.78 is 16.1. The largest absolute Gasteiger partial charge is 0.493 e. The lowest BCUT2D eigenvalue weighted by Crippen LogP contribution is -2.03. The molecule has 0 saturated heterocycles. The van der Waals surface area contributed by atoms with Gasteiger partial charge in [0.05, 0.1) is 19.8 Å². The lowest BCUT2D eigenvalue weighted by Gasteiger charge is -2.15. The lowest BCUT2D eigenvalue weighted by molar-refractivity contribution is 0.0696. The Kier molecular flexibility index (Phi) is 8.53. The van der Waals surface area contributed by atoms with Gasteiger partial charge in [-0.05, 0) is 23.3 Å². The molecule has 0 aliphatic heterocycles. The minimum atomic E-state index is -1.05. The molecule has 0 heterocycles. The van der Waals surface area contributed by atoms with Crippen LogP contribution >= 0.6 is 0 Å². The van der Waals surface area contributed by atoms with Gasteiger partial charge in [0.2, 0.25) is 5.75 Å². The molecule has 3 rings (SSSR count). The zero-order valence-corrected chi connectivity index (χ0v) is 16.5. The molecule has 0 bridgehead atoms. The van der Waals surface area contributed by atoms with Gasteiger partial charge < -0.3 is 25.1 Å². The van der Waals surface area contributed by atoms with E-state index in [2.05, 4.69) is 0 Å². The van der Waals surface area contributed by atoms with Crippen molar-refractivity contribution >= 4 is 5.97 Å². The number of ether oxygens (including phenoxy) is 3. The van der Waals surface area contributed by atoms with Crippen molar-refractivity contribution in [1.82, 2.24) is 0 Å². The van der Waals surface area contributed by atoms with Gasteiger partial charge in [-0.25, -0.2) is 4.79 Å². The molecule has 0 aromatic heterocycles. The number of carbonyl (C=O) groups is 1. The van der Waals surface area contributed by atoms with Crippen molar-refractivity contribution in [3.8, 4) is 17.2 Å². The zero-order valence-electron chi connectivity index (χ0n) is 16.5. The molecule has 152 valence electrons. The number of methoxy groups -OCH3 is 2. The molecule has 6 nitrogen and oxygen atoms in total. The summed E-state index contributed by atoms with van der Waals surface area (Å²) in [6, 6.07) is 22.4. The topological polar surface area (TPSA) is 91.0 Å². The minimum Gasteiger partial charge on any atom is -0.493 e. The van der Waals surface area contributed by atoms with E-state index in [1.165, 1.54) is 31.9 Å². The molecule has 0 saturated carbocycles. The van der Waals surface area contributed by atoms with E-state index in [1.54, 1.807) is 0 Å². The van der Waals surface area contributed by atoms with Gasteiger partial charge >= 0.3 is 5.97 Å². The molecular weight excluding hydrogens is 370 g/mol. The Morgan fingerprint density at radius 3 is 1.72 bits per heavy atom. The number of aromatic carboxylic acids is 1. The van der Waals surface area contributed by atoms with Crippen LogP contribution in [0.1, 0.15) is 21.5 Å². The van der Waals surface area contributed by atoms with Crippen molar-refractivity contribution in [3.05, 3.63) is 89.5 Å². The predicted octanol–water partition coefficient (Wildman–Crippen LogP) is 4.13. The maximum atomic E-state index is 11.1. The van der Waals surface area contributed by atoms with Crippen molar-refractivity contribution in [3.63, 3.8) is 0 Å². The van der Waals surface area contributed by atoms with Gasteiger partial charge in [0.1, 0.15) is 6.61 Å². The SMILES string of the molecule is COc1cc(C(=O)O)cc(OC)c1OCc1ccccc1.NCc1ccccc1. The van der Waals surface area contributed by atoms with Gasteiger partial charge in [0.15, 0.2) is 11.5 Å². The minimum absolute atomic E-state index is 0.0794. The van der Waals surface area contributed by atoms with Gasteiger partial charge in [-0.1, -0.05) is 60.7 Å². The molecule has 29 heavy (non-hydrogen) atoms. The molecule has 0 aliphatic carbocycles. The molecule has 0 aliphatic rings. The van der Waals surface area contributed by atoms with E-state index >= 15 is 0 Å². The molecule has 0 amide bonds. The van der Waals surface area contributed by atoms with Crippen LogP contribution < -0.4 is 19.9 Å². The molecule has 0 radical (unpaired) electrons. The first-order chi connectivity index (χ1) is 14.1. The van der Waals surface area contributed by atoms with E-state index in [-0.39, 0.29) is 5.56 Å². The first-order valence-corrected chi connectivity index (χ1v) is 8.99. The van der Waals surface area contributed by atoms with E-state index in [9.17, 15) is 4.79 Å². The van der Waals surface area contributed by atoms with E-state index in [0.29, 0.717) is 30.4 Å². The summed E-state index contributed by atoms with van der Waals surface area (Å²) >= 11 is 0. The molecule has 3 aromatic carbocycles. The van der Waals surface area contributed by atoms with Crippen LogP contribution in [0, 0.1) is 0 Å². The van der Waals surface area contributed by atoms with Crippen LogP contribution in [0.3, 0.4) is 0 Å². The zero-order chi connectivity index (χ0) is 21.1. The van der Waals surface area contributed by atoms with Crippen LogP contribution in [-0.2, 0) is 13.2 Å². The third-order valence-electron chi connectivity index (χ3n) is 4.01. The van der Waals surface area contributed by atoms with Crippen molar-refractivity contribution in [2.75, 3.05) is 14.2 Å². The molecule has 0 spiro atoms. The van der Waals surface area contributed by atoms with Gasteiger partial charge in [-0.2, -0.15) is 0 Å². The maximum absolute atomic E-state index is 11.1. The number of hydrogen-bond acceptors (Lipinski definition) is 5. The molecular formula is C23H25NO5. The Labute approximate surface area is 170 Å².